The molecule has 0 aliphatic heterocycles. The second-order valence-corrected chi connectivity index (χ2v) is 6.96. The van der Waals surface area contributed by atoms with Gasteiger partial charge < -0.3 is 10.1 Å². The van der Waals surface area contributed by atoms with E-state index in [-0.39, 0.29) is 16.1 Å². The molecule has 0 unspecified atom stereocenters. The number of amides is 1. The van der Waals surface area contributed by atoms with Gasteiger partial charge in [-0.3, -0.25) is 4.79 Å². The molecule has 8 heteroatoms. The third-order valence-corrected chi connectivity index (χ3v) is 2.94. The van der Waals surface area contributed by atoms with Crippen LogP contribution in [0.2, 0.25) is 0 Å². The monoisotopic (exact) mass is 403 g/mol. The predicted molar refractivity (Wildman–Crippen MR) is 72.5 cm³/mol. The summed E-state index contributed by atoms with van der Waals surface area (Å²) in [5.74, 6) is -0.688. The predicted octanol–water partition coefficient (Wildman–Crippen LogP) is 4.46. The summed E-state index contributed by atoms with van der Waals surface area (Å²) in [5, 5.41) is 2.56. The summed E-state index contributed by atoms with van der Waals surface area (Å²) in [7, 11) is 0. The molecule has 0 fully saturated rings. The topological polar surface area (TPSA) is 38.3 Å². The molecule has 3 nitrogen and oxygen atoms in total. The molecule has 0 saturated carbocycles. The van der Waals surface area contributed by atoms with Crippen LogP contribution in [0.25, 0.3) is 0 Å². The average Bonchev–Trinajstić information content (AvgIpc) is 2.19. The lowest BCUT2D eigenvalue weighted by molar-refractivity contribution is -0.274. The van der Waals surface area contributed by atoms with Gasteiger partial charge in [-0.1, -0.05) is 15.9 Å². The molecule has 0 bridgehead atoms. The molecule has 1 aromatic carbocycles. The minimum absolute atomic E-state index is 0.0926. The SMILES string of the molecule is CC(C)(Br)C(=O)Nc1ccc(OC(F)(F)F)c(Br)c1. The molecule has 0 aliphatic carbocycles. The molecule has 106 valence electrons. The van der Waals surface area contributed by atoms with Crippen molar-refractivity contribution in [2.45, 2.75) is 24.5 Å². The van der Waals surface area contributed by atoms with Crippen molar-refractivity contribution in [3.63, 3.8) is 0 Å². The quantitative estimate of drug-likeness (QED) is 0.755. The van der Waals surface area contributed by atoms with Crippen LogP contribution in [0.1, 0.15) is 13.8 Å². The minimum atomic E-state index is -4.76. The van der Waals surface area contributed by atoms with Gasteiger partial charge in [0.2, 0.25) is 5.91 Å². The summed E-state index contributed by atoms with van der Waals surface area (Å²) >= 11 is 6.13. The van der Waals surface area contributed by atoms with Crippen molar-refractivity contribution in [2.75, 3.05) is 5.32 Å². The number of halogens is 5. The number of anilines is 1. The average molecular weight is 405 g/mol. The molecule has 0 aromatic heterocycles. The van der Waals surface area contributed by atoms with Crippen molar-refractivity contribution in [3.05, 3.63) is 22.7 Å². The zero-order chi connectivity index (χ0) is 14.8. The maximum absolute atomic E-state index is 12.1. The van der Waals surface area contributed by atoms with Crippen LogP contribution >= 0.6 is 31.9 Å². The first kappa shape index (κ1) is 16.3. The number of hydrogen-bond donors (Lipinski definition) is 1. The summed E-state index contributed by atoms with van der Waals surface area (Å²) in [6.07, 6.45) is -4.76. The first-order valence-corrected chi connectivity index (χ1v) is 6.63. The van der Waals surface area contributed by atoms with Crippen molar-refractivity contribution in [1.29, 1.82) is 0 Å². The third kappa shape index (κ3) is 5.40. The molecular weight excluding hydrogens is 395 g/mol. The lowest BCUT2D eigenvalue weighted by Crippen LogP contribution is -2.30. The van der Waals surface area contributed by atoms with Gasteiger partial charge >= 0.3 is 6.36 Å². The van der Waals surface area contributed by atoms with E-state index >= 15 is 0 Å². The Morgan fingerprint density at radius 3 is 2.32 bits per heavy atom. The highest BCUT2D eigenvalue weighted by Crippen LogP contribution is 2.32. The molecule has 19 heavy (non-hydrogen) atoms. The summed E-state index contributed by atoms with van der Waals surface area (Å²) in [6.45, 7) is 3.30. The Morgan fingerprint density at radius 2 is 1.89 bits per heavy atom. The summed E-state index contributed by atoms with van der Waals surface area (Å²) < 4.78 is 39.3. The van der Waals surface area contributed by atoms with Gasteiger partial charge in [0.15, 0.2) is 0 Å². The van der Waals surface area contributed by atoms with Crippen LogP contribution in [0.5, 0.6) is 5.75 Å². The second kappa shape index (κ2) is 5.70. The largest absolute Gasteiger partial charge is 0.573 e. The van der Waals surface area contributed by atoms with Crippen molar-refractivity contribution in [3.8, 4) is 5.75 Å². The zero-order valence-electron chi connectivity index (χ0n) is 9.94. The lowest BCUT2D eigenvalue weighted by atomic mass is 10.2. The highest BCUT2D eigenvalue weighted by atomic mass is 79.9. The third-order valence-electron chi connectivity index (χ3n) is 1.96. The number of carbonyl (C=O) groups is 1. The molecule has 1 N–H and O–H groups in total. The Kier molecular flexibility index (Phi) is 4.89. The van der Waals surface area contributed by atoms with E-state index in [4.69, 9.17) is 0 Å². The van der Waals surface area contributed by atoms with E-state index in [1.807, 2.05) is 0 Å². The molecule has 0 radical (unpaired) electrons. The molecule has 1 amide bonds. The van der Waals surface area contributed by atoms with Crippen molar-refractivity contribution >= 4 is 43.5 Å². The zero-order valence-corrected chi connectivity index (χ0v) is 13.1. The van der Waals surface area contributed by atoms with Gasteiger partial charge in [-0.05, 0) is 48.0 Å². The van der Waals surface area contributed by atoms with E-state index in [2.05, 4.69) is 41.9 Å². The Balaban J connectivity index is 2.86. The Hall–Kier alpha value is -0.760. The van der Waals surface area contributed by atoms with E-state index < -0.39 is 10.7 Å². The Labute approximate surface area is 124 Å². The van der Waals surface area contributed by atoms with Crippen LogP contribution in [0.15, 0.2) is 22.7 Å². The number of nitrogens with one attached hydrogen (secondary N) is 1. The maximum atomic E-state index is 12.1. The van der Waals surface area contributed by atoms with Crippen molar-refractivity contribution in [2.24, 2.45) is 0 Å². The molecule has 0 aliphatic rings. The Morgan fingerprint density at radius 1 is 1.32 bits per heavy atom. The van der Waals surface area contributed by atoms with Crippen LogP contribution in [0.3, 0.4) is 0 Å². The van der Waals surface area contributed by atoms with Crippen molar-refractivity contribution in [1.82, 2.24) is 0 Å². The number of alkyl halides is 4. The normalized spacial score (nSPS) is 12.2. The highest BCUT2D eigenvalue weighted by molar-refractivity contribution is 9.10. The molecule has 1 aromatic rings. The first-order valence-electron chi connectivity index (χ1n) is 5.05. The summed E-state index contributed by atoms with van der Waals surface area (Å²) in [4.78, 5) is 11.7. The van der Waals surface area contributed by atoms with E-state index in [1.54, 1.807) is 13.8 Å². The van der Waals surface area contributed by atoms with Gasteiger partial charge in [0, 0.05) is 5.69 Å². The molecule has 1 rings (SSSR count). The number of carbonyl (C=O) groups excluding carboxylic acids is 1. The van der Waals surface area contributed by atoms with E-state index in [0.717, 1.165) is 6.07 Å². The summed E-state index contributed by atoms with van der Waals surface area (Å²) in [6, 6.07) is 3.77. The number of ether oxygens (including phenoxy) is 1. The smallest absolute Gasteiger partial charge is 0.405 e. The van der Waals surface area contributed by atoms with Gasteiger partial charge in [-0.2, -0.15) is 0 Å². The molecular formula is C11H10Br2F3NO2. The van der Waals surface area contributed by atoms with Crippen LogP contribution < -0.4 is 10.1 Å². The fourth-order valence-electron chi connectivity index (χ4n) is 1.07. The van der Waals surface area contributed by atoms with E-state index in [0.29, 0.717) is 5.69 Å². The summed E-state index contributed by atoms with van der Waals surface area (Å²) in [5.41, 5.74) is 0.360. The van der Waals surface area contributed by atoms with Crippen LogP contribution in [0.4, 0.5) is 18.9 Å². The molecule has 0 heterocycles. The molecule has 0 spiro atoms. The van der Waals surface area contributed by atoms with Gasteiger partial charge in [0.05, 0.1) is 8.80 Å². The molecule has 0 saturated heterocycles. The number of rotatable bonds is 3. The van der Waals surface area contributed by atoms with Gasteiger partial charge in [-0.25, -0.2) is 0 Å². The van der Waals surface area contributed by atoms with E-state index in [9.17, 15) is 18.0 Å². The Bertz CT molecular complexity index is 484. The fourth-order valence-corrected chi connectivity index (χ4v) is 1.62. The van der Waals surface area contributed by atoms with Crippen LogP contribution in [-0.4, -0.2) is 16.6 Å². The van der Waals surface area contributed by atoms with Crippen LogP contribution in [0, 0.1) is 0 Å². The molecule has 0 atom stereocenters. The van der Waals surface area contributed by atoms with Gasteiger partial charge in [-0.15, -0.1) is 13.2 Å². The standard InChI is InChI=1S/C11H10Br2F3NO2/c1-10(2,13)9(18)17-6-3-4-8(7(12)5-6)19-11(14,15)16/h3-5H,1-2H3,(H,17,18). The number of hydrogen-bond acceptors (Lipinski definition) is 2. The minimum Gasteiger partial charge on any atom is -0.405 e. The fraction of sp³-hybridized carbons (Fsp3) is 0.364. The van der Waals surface area contributed by atoms with E-state index in [1.165, 1.54) is 12.1 Å². The lowest BCUT2D eigenvalue weighted by Gasteiger charge is -2.17. The first-order chi connectivity index (χ1) is 8.49. The van der Waals surface area contributed by atoms with Gasteiger partial charge in [0.25, 0.3) is 0 Å². The maximum Gasteiger partial charge on any atom is 0.573 e. The van der Waals surface area contributed by atoms with Gasteiger partial charge in [0.1, 0.15) is 5.75 Å². The number of benzene rings is 1. The van der Waals surface area contributed by atoms with Crippen LogP contribution in [-0.2, 0) is 4.79 Å². The highest BCUT2D eigenvalue weighted by Gasteiger charge is 2.32. The van der Waals surface area contributed by atoms with Crippen molar-refractivity contribution < 1.29 is 22.7 Å². The second-order valence-electron chi connectivity index (χ2n) is 4.12.